The Morgan fingerprint density at radius 3 is 1.72 bits per heavy atom. The molecule has 0 radical (unpaired) electrons. The molecule has 2 rings (SSSR count). The van der Waals surface area contributed by atoms with Crippen LogP contribution in [0.5, 0.6) is 0 Å². The third-order valence-corrected chi connectivity index (χ3v) is 8.37. The second kappa shape index (κ2) is 13.0. The molecule has 2 aromatic carbocycles. The van der Waals surface area contributed by atoms with Crippen LogP contribution in [0.3, 0.4) is 0 Å². The molecule has 0 fully saturated rings. The van der Waals surface area contributed by atoms with Gasteiger partial charge in [-0.1, -0.05) is 69.6 Å². The van der Waals surface area contributed by atoms with Crippen molar-refractivity contribution >= 4 is 25.6 Å². The van der Waals surface area contributed by atoms with E-state index in [2.05, 4.69) is 0 Å². The smallest absolute Gasteiger partial charge is 0.294 e. The van der Waals surface area contributed by atoms with E-state index in [0.717, 1.165) is 57.8 Å². The Hall–Kier alpha value is -1.90. The highest BCUT2D eigenvalue weighted by atomic mass is 32.2. The number of hydrogen-bond donors (Lipinski definition) is 2. The maximum atomic E-state index is 12.3. The third-order valence-electron chi connectivity index (χ3n) is 5.60. The first-order chi connectivity index (χ1) is 15.2. The number of hydrogen-bond acceptors (Lipinski definition) is 5. The van der Waals surface area contributed by atoms with E-state index in [1.165, 1.54) is 6.07 Å². The highest BCUT2D eigenvalue weighted by molar-refractivity contribution is 7.91. The van der Waals surface area contributed by atoms with Crippen LogP contribution in [-0.2, 0) is 26.4 Å². The zero-order chi connectivity index (χ0) is 23.5. The fourth-order valence-electron chi connectivity index (χ4n) is 3.78. The molecule has 8 heteroatoms. The highest BCUT2D eigenvalue weighted by Gasteiger charge is 2.14. The molecule has 0 atom stereocenters. The second-order valence-corrected chi connectivity index (χ2v) is 11.8. The van der Waals surface area contributed by atoms with E-state index in [4.69, 9.17) is 5.73 Å². The van der Waals surface area contributed by atoms with Gasteiger partial charge in [-0.25, -0.2) is 8.42 Å². The second-order valence-electron chi connectivity index (χ2n) is 8.26. The summed E-state index contributed by atoms with van der Waals surface area (Å²) in [6.07, 6.45) is 10.9. The maximum Gasteiger partial charge on any atom is 0.294 e. The summed E-state index contributed by atoms with van der Waals surface area (Å²) in [4.78, 5) is 0.356. The van der Waals surface area contributed by atoms with Crippen LogP contribution in [0.4, 0.5) is 5.69 Å². The van der Waals surface area contributed by atoms with E-state index in [0.29, 0.717) is 29.0 Å². The van der Waals surface area contributed by atoms with E-state index >= 15 is 0 Å². The Bertz CT molecular complexity index is 1030. The van der Waals surface area contributed by atoms with E-state index in [1.54, 1.807) is 42.5 Å². The predicted octanol–water partition coefficient (Wildman–Crippen LogP) is 5.43. The fraction of sp³-hybridized carbons (Fsp3) is 0.500. The summed E-state index contributed by atoms with van der Waals surface area (Å²) in [7, 11) is -7.38. The molecule has 0 saturated heterocycles. The number of unbranched alkanes of at least 4 members (excludes halogenated alkanes) is 9. The molecule has 2 aromatic rings. The van der Waals surface area contributed by atoms with Crippen molar-refractivity contribution in [3.63, 3.8) is 0 Å². The number of aryl methyl sites for hydroxylation is 1. The van der Waals surface area contributed by atoms with E-state index in [9.17, 15) is 21.4 Å². The van der Waals surface area contributed by atoms with E-state index < -0.39 is 20.0 Å². The zero-order valence-electron chi connectivity index (χ0n) is 18.6. The Labute approximate surface area is 192 Å². The molecule has 0 amide bonds. The van der Waals surface area contributed by atoms with Crippen LogP contribution < -0.4 is 5.73 Å². The molecule has 3 N–H and O–H groups in total. The van der Waals surface area contributed by atoms with Gasteiger partial charge in [-0.15, -0.1) is 0 Å². The fourth-order valence-corrected chi connectivity index (χ4v) is 5.90. The molecule has 178 valence electrons. The lowest BCUT2D eigenvalue weighted by Crippen LogP contribution is -2.06. The number of nitrogens with two attached hydrogens (primary N) is 1. The summed E-state index contributed by atoms with van der Waals surface area (Å²) in [5.41, 5.74) is 6.84. The standard InChI is InChI=1S/C24H35NO5S2/c25-22-16-18-23(19-17-22)31(26,27)20-12-8-6-4-2-1-3-5-7-9-13-21-14-10-11-15-24(21)32(28,29)30/h10-11,14-19H,1-9,12-13,20,25H2,(H,28,29,30). The first kappa shape index (κ1) is 26.4. The normalized spacial score (nSPS) is 12.2. The Balaban J connectivity index is 1.49. The number of sulfone groups is 1. The van der Waals surface area contributed by atoms with E-state index in [1.807, 2.05) is 0 Å². The minimum atomic E-state index is -4.16. The van der Waals surface area contributed by atoms with Gasteiger partial charge in [0.05, 0.1) is 15.5 Å². The highest BCUT2D eigenvalue weighted by Crippen LogP contribution is 2.19. The summed E-state index contributed by atoms with van der Waals surface area (Å²) in [6.45, 7) is 0. The minimum Gasteiger partial charge on any atom is -0.399 e. The first-order valence-electron chi connectivity index (χ1n) is 11.3. The molecular weight excluding hydrogens is 446 g/mol. The van der Waals surface area contributed by atoms with Crippen molar-refractivity contribution in [2.75, 3.05) is 11.5 Å². The van der Waals surface area contributed by atoms with Crippen molar-refractivity contribution in [3.05, 3.63) is 54.1 Å². The van der Waals surface area contributed by atoms with Crippen molar-refractivity contribution in [1.29, 1.82) is 0 Å². The summed E-state index contributed by atoms with van der Waals surface area (Å²) >= 11 is 0. The summed E-state index contributed by atoms with van der Waals surface area (Å²) in [6, 6.07) is 13.0. The monoisotopic (exact) mass is 481 g/mol. The van der Waals surface area contributed by atoms with Crippen LogP contribution in [0.15, 0.2) is 58.3 Å². The first-order valence-corrected chi connectivity index (χ1v) is 14.4. The minimum absolute atomic E-state index is 0.0151. The van der Waals surface area contributed by atoms with Crippen LogP contribution in [0.2, 0.25) is 0 Å². The summed E-state index contributed by atoms with van der Waals surface area (Å²) in [5.74, 6) is 0.178. The van der Waals surface area contributed by atoms with Gasteiger partial charge in [-0.3, -0.25) is 4.55 Å². The van der Waals surface area contributed by atoms with Gasteiger partial charge in [-0.2, -0.15) is 8.42 Å². The topological polar surface area (TPSA) is 115 Å². The van der Waals surface area contributed by atoms with Crippen LogP contribution in [-0.4, -0.2) is 27.1 Å². The van der Waals surface area contributed by atoms with Gasteiger partial charge in [0.25, 0.3) is 10.1 Å². The van der Waals surface area contributed by atoms with Gasteiger partial charge < -0.3 is 5.73 Å². The maximum absolute atomic E-state index is 12.3. The van der Waals surface area contributed by atoms with Crippen molar-refractivity contribution in [2.24, 2.45) is 0 Å². The van der Waals surface area contributed by atoms with Crippen LogP contribution in [0.1, 0.15) is 69.8 Å². The Morgan fingerprint density at radius 2 is 1.16 bits per heavy atom. The van der Waals surface area contributed by atoms with Crippen LogP contribution in [0.25, 0.3) is 0 Å². The molecule has 32 heavy (non-hydrogen) atoms. The molecule has 0 aromatic heterocycles. The van der Waals surface area contributed by atoms with Gasteiger partial charge in [-0.05, 0) is 55.2 Å². The van der Waals surface area contributed by atoms with Gasteiger partial charge in [0.15, 0.2) is 9.84 Å². The van der Waals surface area contributed by atoms with Crippen LogP contribution >= 0.6 is 0 Å². The summed E-state index contributed by atoms with van der Waals surface area (Å²) in [5, 5.41) is 0. The molecule has 0 spiro atoms. The average molecular weight is 482 g/mol. The largest absolute Gasteiger partial charge is 0.399 e. The molecule has 0 aliphatic heterocycles. The van der Waals surface area contributed by atoms with E-state index in [-0.39, 0.29) is 10.6 Å². The third kappa shape index (κ3) is 9.30. The Morgan fingerprint density at radius 1 is 0.656 bits per heavy atom. The molecule has 0 heterocycles. The van der Waals surface area contributed by atoms with Crippen molar-refractivity contribution in [3.8, 4) is 0 Å². The molecular formula is C24H35NO5S2. The number of rotatable bonds is 15. The molecule has 0 bridgehead atoms. The van der Waals surface area contributed by atoms with Crippen molar-refractivity contribution in [1.82, 2.24) is 0 Å². The lowest BCUT2D eigenvalue weighted by atomic mass is 10.0. The number of benzene rings is 2. The van der Waals surface area contributed by atoms with Crippen molar-refractivity contribution < 1.29 is 21.4 Å². The lowest BCUT2D eigenvalue weighted by Gasteiger charge is -2.07. The van der Waals surface area contributed by atoms with Crippen LogP contribution in [0, 0.1) is 0 Å². The Kier molecular flexibility index (Phi) is 10.7. The molecule has 0 unspecified atom stereocenters. The zero-order valence-corrected chi connectivity index (χ0v) is 20.2. The predicted molar refractivity (Wildman–Crippen MR) is 129 cm³/mol. The lowest BCUT2D eigenvalue weighted by molar-refractivity contribution is 0.481. The molecule has 0 aliphatic rings. The molecule has 0 aliphatic carbocycles. The van der Waals surface area contributed by atoms with Gasteiger partial charge in [0, 0.05) is 5.69 Å². The van der Waals surface area contributed by atoms with Gasteiger partial charge in [0.2, 0.25) is 0 Å². The van der Waals surface area contributed by atoms with Crippen molar-refractivity contribution in [2.45, 2.75) is 80.4 Å². The summed E-state index contributed by atoms with van der Waals surface area (Å²) < 4.78 is 56.6. The van der Waals surface area contributed by atoms with Gasteiger partial charge in [0.1, 0.15) is 0 Å². The molecule has 0 saturated carbocycles. The number of nitrogen functional groups attached to an aromatic ring is 1. The van der Waals surface area contributed by atoms with Gasteiger partial charge >= 0.3 is 0 Å². The number of anilines is 1. The SMILES string of the molecule is Nc1ccc(S(=O)(=O)CCCCCCCCCCCCc2ccccc2S(=O)(=O)O)cc1. The quantitative estimate of drug-likeness (QED) is 0.199. The average Bonchev–Trinajstić information content (AvgIpc) is 2.74. The molecule has 6 nitrogen and oxygen atoms in total.